The van der Waals surface area contributed by atoms with Gasteiger partial charge in [-0.15, -0.1) is 0 Å². The summed E-state index contributed by atoms with van der Waals surface area (Å²) in [6.45, 7) is 6.56. The van der Waals surface area contributed by atoms with E-state index >= 15 is 0 Å². The van der Waals surface area contributed by atoms with Gasteiger partial charge in [0.1, 0.15) is 0 Å². The van der Waals surface area contributed by atoms with Crippen LogP contribution in [0.15, 0.2) is 12.5 Å². The van der Waals surface area contributed by atoms with Gasteiger partial charge in [-0.2, -0.15) is 0 Å². The normalized spacial score (nSPS) is 24.0. The number of imidazole rings is 1. The molecule has 2 atom stereocenters. The smallest absolute Gasteiger partial charge is 0.0951 e. The van der Waals surface area contributed by atoms with E-state index in [2.05, 4.69) is 28.7 Å². The molecule has 0 aliphatic heterocycles. The molecule has 2 unspecified atom stereocenters. The number of aliphatic hydroxyl groups excluding tert-OH is 1. The summed E-state index contributed by atoms with van der Waals surface area (Å²) in [5.41, 5.74) is 1.24. The summed E-state index contributed by atoms with van der Waals surface area (Å²) >= 11 is 0. The van der Waals surface area contributed by atoms with Crippen molar-refractivity contribution >= 4 is 0 Å². The minimum atomic E-state index is 0.344. The highest BCUT2D eigenvalue weighted by molar-refractivity contribution is 4.99. The highest BCUT2D eigenvalue weighted by atomic mass is 16.3. The monoisotopic (exact) mass is 251 g/mol. The van der Waals surface area contributed by atoms with E-state index < -0.39 is 0 Å². The first-order valence-electron chi connectivity index (χ1n) is 7.04. The lowest BCUT2D eigenvalue weighted by atomic mass is 9.97. The lowest BCUT2D eigenvalue weighted by molar-refractivity contribution is 0.192. The van der Waals surface area contributed by atoms with E-state index in [0.717, 1.165) is 13.1 Å². The van der Waals surface area contributed by atoms with E-state index in [1.54, 1.807) is 0 Å². The molecule has 1 aliphatic carbocycles. The maximum atomic E-state index is 9.29. The van der Waals surface area contributed by atoms with Gasteiger partial charge in [0.05, 0.1) is 12.0 Å². The van der Waals surface area contributed by atoms with Crippen LogP contribution in [-0.2, 0) is 6.54 Å². The molecule has 2 rings (SSSR count). The molecule has 0 spiro atoms. The van der Waals surface area contributed by atoms with Gasteiger partial charge in [-0.05, 0) is 45.1 Å². The molecule has 1 aliphatic rings. The highest BCUT2D eigenvalue weighted by Crippen LogP contribution is 2.30. The Morgan fingerprint density at radius 2 is 2.22 bits per heavy atom. The fourth-order valence-corrected chi connectivity index (χ4v) is 2.94. The van der Waals surface area contributed by atoms with Gasteiger partial charge in [0, 0.05) is 25.4 Å². The van der Waals surface area contributed by atoms with Crippen LogP contribution in [-0.4, -0.2) is 27.8 Å². The number of hydrogen-bond donors (Lipinski definition) is 2. The van der Waals surface area contributed by atoms with E-state index in [9.17, 15) is 5.11 Å². The fraction of sp³-hybridized carbons (Fsp3) is 0.786. The van der Waals surface area contributed by atoms with Gasteiger partial charge in [0.15, 0.2) is 0 Å². The molecule has 1 aromatic rings. The van der Waals surface area contributed by atoms with Crippen molar-refractivity contribution in [3.8, 4) is 0 Å². The maximum absolute atomic E-state index is 9.29. The van der Waals surface area contributed by atoms with Crippen LogP contribution in [0.4, 0.5) is 0 Å². The van der Waals surface area contributed by atoms with Crippen molar-refractivity contribution in [1.29, 1.82) is 0 Å². The SMILES string of the molecule is CC(C)n1cncc1CNCC1CCCC1CO. The predicted molar refractivity (Wildman–Crippen MR) is 72.2 cm³/mol. The lowest BCUT2D eigenvalue weighted by Crippen LogP contribution is -2.27. The molecule has 0 amide bonds. The average Bonchev–Trinajstić information content (AvgIpc) is 2.97. The first-order valence-corrected chi connectivity index (χ1v) is 7.04. The first-order chi connectivity index (χ1) is 8.72. The van der Waals surface area contributed by atoms with Crippen LogP contribution in [0.2, 0.25) is 0 Å². The topological polar surface area (TPSA) is 50.1 Å². The second kappa shape index (κ2) is 6.34. The molecule has 0 saturated heterocycles. The Morgan fingerprint density at radius 1 is 1.44 bits per heavy atom. The zero-order valence-electron chi connectivity index (χ0n) is 11.5. The molecule has 1 fully saturated rings. The van der Waals surface area contributed by atoms with Gasteiger partial charge in [0.2, 0.25) is 0 Å². The molecule has 1 heterocycles. The van der Waals surface area contributed by atoms with E-state index in [4.69, 9.17) is 0 Å². The van der Waals surface area contributed by atoms with Gasteiger partial charge in [-0.25, -0.2) is 4.98 Å². The van der Waals surface area contributed by atoms with Crippen LogP contribution in [0.5, 0.6) is 0 Å². The maximum Gasteiger partial charge on any atom is 0.0951 e. The highest BCUT2D eigenvalue weighted by Gasteiger charge is 2.25. The van der Waals surface area contributed by atoms with E-state index in [1.807, 2.05) is 12.5 Å². The molecule has 0 aromatic carbocycles. The molecule has 1 saturated carbocycles. The molecule has 1 aromatic heterocycles. The Labute approximate surface area is 109 Å². The molecule has 0 radical (unpaired) electrons. The molecular formula is C14H25N3O. The van der Waals surface area contributed by atoms with Crippen molar-refractivity contribution in [3.05, 3.63) is 18.2 Å². The van der Waals surface area contributed by atoms with Crippen molar-refractivity contribution in [2.24, 2.45) is 11.8 Å². The predicted octanol–water partition coefficient (Wildman–Crippen LogP) is 1.96. The van der Waals surface area contributed by atoms with Crippen molar-refractivity contribution < 1.29 is 5.11 Å². The molecule has 4 nitrogen and oxygen atoms in total. The van der Waals surface area contributed by atoms with Crippen LogP contribution < -0.4 is 5.32 Å². The van der Waals surface area contributed by atoms with Gasteiger partial charge in [-0.3, -0.25) is 0 Å². The average molecular weight is 251 g/mol. The fourth-order valence-electron chi connectivity index (χ4n) is 2.94. The standard InChI is InChI=1S/C14H25N3O/c1-11(2)17-10-16-8-14(17)7-15-6-12-4-3-5-13(12)9-18/h8,10-13,15,18H,3-7,9H2,1-2H3. The number of aromatic nitrogens is 2. The van der Waals surface area contributed by atoms with Crippen LogP contribution in [0, 0.1) is 11.8 Å². The summed E-state index contributed by atoms with van der Waals surface area (Å²) in [6, 6.07) is 0.459. The zero-order valence-corrected chi connectivity index (χ0v) is 11.5. The summed E-state index contributed by atoms with van der Waals surface area (Å²) in [4.78, 5) is 4.21. The van der Waals surface area contributed by atoms with Gasteiger partial charge in [-0.1, -0.05) is 6.42 Å². The number of hydrogen-bond acceptors (Lipinski definition) is 3. The minimum Gasteiger partial charge on any atom is -0.396 e. The summed E-state index contributed by atoms with van der Waals surface area (Å²) in [7, 11) is 0. The second-order valence-corrected chi connectivity index (χ2v) is 5.65. The molecule has 2 N–H and O–H groups in total. The lowest BCUT2D eigenvalue weighted by Gasteiger charge is -2.18. The summed E-state index contributed by atoms with van der Waals surface area (Å²) in [5.74, 6) is 1.15. The van der Waals surface area contributed by atoms with E-state index in [0.29, 0.717) is 24.5 Å². The van der Waals surface area contributed by atoms with Crippen molar-refractivity contribution in [2.75, 3.05) is 13.2 Å². The Balaban J connectivity index is 1.79. The molecule has 102 valence electrons. The van der Waals surface area contributed by atoms with Crippen LogP contribution in [0.3, 0.4) is 0 Å². The summed E-state index contributed by atoms with van der Waals surface area (Å²) in [6.07, 6.45) is 7.54. The Bertz CT molecular complexity index is 362. The zero-order chi connectivity index (χ0) is 13.0. The third kappa shape index (κ3) is 3.12. The minimum absolute atomic E-state index is 0.344. The number of rotatable bonds is 6. The molecular weight excluding hydrogens is 226 g/mol. The number of nitrogens with one attached hydrogen (secondary N) is 1. The van der Waals surface area contributed by atoms with Gasteiger partial charge < -0.3 is 15.0 Å². The first kappa shape index (κ1) is 13.6. The quantitative estimate of drug-likeness (QED) is 0.812. The molecule has 0 bridgehead atoms. The molecule has 4 heteroatoms. The van der Waals surface area contributed by atoms with Crippen LogP contribution >= 0.6 is 0 Å². The Kier molecular flexibility index (Phi) is 4.78. The molecule has 18 heavy (non-hydrogen) atoms. The van der Waals surface area contributed by atoms with Crippen LogP contribution in [0.1, 0.15) is 44.8 Å². The van der Waals surface area contributed by atoms with E-state index in [1.165, 1.54) is 25.0 Å². The number of aliphatic hydroxyl groups is 1. The van der Waals surface area contributed by atoms with Crippen LogP contribution in [0.25, 0.3) is 0 Å². The Hall–Kier alpha value is -0.870. The number of nitrogens with zero attached hydrogens (tertiary/aromatic N) is 2. The van der Waals surface area contributed by atoms with Gasteiger partial charge >= 0.3 is 0 Å². The summed E-state index contributed by atoms with van der Waals surface area (Å²) < 4.78 is 2.20. The van der Waals surface area contributed by atoms with Crippen molar-refractivity contribution in [3.63, 3.8) is 0 Å². The van der Waals surface area contributed by atoms with Crippen molar-refractivity contribution in [1.82, 2.24) is 14.9 Å². The third-order valence-electron chi connectivity index (χ3n) is 4.07. The summed E-state index contributed by atoms with van der Waals surface area (Å²) in [5, 5.41) is 12.8. The third-order valence-corrected chi connectivity index (χ3v) is 4.07. The Morgan fingerprint density at radius 3 is 2.94 bits per heavy atom. The van der Waals surface area contributed by atoms with E-state index in [-0.39, 0.29) is 0 Å². The van der Waals surface area contributed by atoms with Gasteiger partial charge in [0.25, 0.3) is 0 Å². The second-order valence-electron chi connectivity index (χ2n) is 5.65. The largest absolute Gasteiger partial charge is 0.396 e. The van der Waals surface area contributed by atoms with Crippen molar-refractivity contribution in [2.45, 2.75) is 45.7 Å².